The van der Waals surface area contributed by atoms with Crippen molar-refractivity contribution in [2.75, 3.05) is 12.0 Å². The lowest BCUT2D eigenvalue weighted by atomic mass is 9.85. The summed E-state index contributed by atoms with van der Waals surface area (Å²) in [4.78, 5) is 38.3. The number of benzene rings is 1. The molecule has 3 aliphatic rings. The predicted octanol–water partition coefficient (Wildman–Crippen LogP) is 1.88. The number of nitrogens with zero attached hydrogens (tertiary/aromatic N) is 1. The van der Waals surface area contributed by atoms with Crippen molar-refractivity contribution in [3.8, 4) is 0 Å². The number of urea groups is 1. The van der Waals surface area contributed by atoms with E-state index in [2.05, 4.69) is 22.8 Å². The molecule has 0 spiro atoms. The number of carbonyl (C=O) groups is 3. The number of amides is 4. The maximum Gasteiger partial charge on any atom is 0.320 e. The van der Waals surface area contributed by atoms with E-state index in [0.717, 1.165) is 12.0 Å². The lowest BCUT2D eigenvalue weighted by molar-refractivity contribution is -0.140. The molecule has 2 N–H and O–H groups in total. The summed E-state index contributed by atoms with van der Waals surface area (Å²) in [6.45, 7) is 1.81. The number of fused-ring (bicyclic) bond motifs is 5. The number of likely N-dealkylation sites (tertiary alicyclic amines) is 1. The van der Waals surface area contributed by atoms with Crippen LogP contribution >= 0.6 is 0 Å². The number of hydrogen-bond donors (Lipinski definition) is 2. The first-order valence-electron chi connectivity index (χ1n) is 8.20. The van der Waals surface area contributed by atoms with Gasteiger partial charge in [-0.05, 0) is 36.8 Å². The first-order valence-corrected chi connectivity index (χ1v) is 8.20. The largest absolute Gasteiger partial charge is 0.320 e. The molecule has 24 heavy (non-hydrogen) atoms. The SMILES string of the molecule is Cc1ccccc1NC(=O)NCN1C(=O)C2C3C=CC(C3)C2C1=O. The zero-order valence-corrected chi connectivity index (χ0v) is 13.4. The van der Waals surface area contributed by atoms with E-state index in [-0.39, 0.29) is 42.2 Å². The number of anilines is 1. The molecule has 2 bridgehead atoms. The number of carbonyl (C=O) groups excluding carboxylic acids is 3. The van der Waals surface area contributed by atoms with Crippen molar-refractivity contribution in [1.82, 2.24) is 10.2 Å². The van der Waals surface area contributed by atoms with Crippen molar-refractivity contribution >= 4 is 23.5 Å². The van der Waals surface area contributed by atoms with Crippen LogP contribution in [0, 0.1) is 30.6 Å². The minimum atomic E-state index is -0.428. The zero-order chi connectivity index (χ0) is 16.8. The van der Waals surface area contributed by atoms with Crippen LogP contribution in [-0.4, -0.2) is 29.4 Å². The molecule has 1 saturated heterocycles. The van der Waals surface area contributed by atoms with Crippen LogP contribution < -0.4 is 10.6 Å². The minimum Gasteiger partial charge on any atom is -0.320 e. The van der Waals surface area contributed by atoms with Gasteiger partial charge in [-0.1, -0.05) is 30.4 Å². The first kappa shape index (κ1) is 14.9. The van der Waals surface area contributed by atoms with Crippen molar-refractivity contribution in [2.45, 2.75) is 13.3 Å². The van der Waals surface area contributed by atoms with Gasteiger partial charge in [-0.3, -0.25) is 14.5 Å². The van der Waals surface area contributed by atoms with Crippen molar-refractivity contribution in [1.29, 1.82) is 0 Å². The standard InChI is InChI=1S/C18H19N3O3/c1-10-4-2-3-5-13(10)20-18(24)19-9-21-16(22)14-11-6-7-12(8-11)15(14)17(21)23/h2-7,11-12,14-15H,8-9H2,1H3,(H2,19,20,24). The summed E-state index contributed by atoms with van der Waals surface area (Å²) in [6.07, 6.45) is 5.01. The number of hydrogen-bond acceptors (Lipinski definition) is 3. The maximum atomic E-state index is 12.5. The highest BCUT2D eigenvalue weighted by Crippen LogP contribution is 2.52. The maximum absolute atomic E-state index is 12.5. The fraction of sp³-hybridized carbons (Fsp3) is 0.389. The van der Waals surface area contributed by atoms with Gasteiger partial charge in [0, 0.05) is 5.69 Å². The number of allylic oxidation sites excluding steroid dienone is 2. The van der Waals surface area contributed by atoms with E-state index < -0.39 is 6.03 Å². The minimum absolute atomic E-state index is 0.0815. The molecule has 0 radical (unpaired) electrons. The molecule has 2 fully saturated rings. The third kappa shape index (κ3) is 2.21. The predicted molar refractivity (Wildman–Crippen MR) is 87.8 cm³/mol. The number of para-hydroxylation sites is 1. The summed E-state index contributed by atoms with van der Waals surface area (Å²) < 4.78 is 0. The van der Waals surface area contributed by atoms with E-state index in [9.17, 15) is 14.4 Å². The molecule has 6 nitrogen and oxygen atoms in total. The second kappa shape index (κ2) is 5.47. The monoisotopic (exact) mass is 325 g/mol. The van der Waals surface area contributed by atoms with E-state index in [1.807, 2.05) is 25.1 Å². The summed E-state index contributed by atoms with van der Waals surface area (Å²) in [5, 5.41) is 5.35. The molecular formula is C18H19N3O3. The molecule has 4 atom stereocenters. The van der Waals surface area contributed by atoms with E-state index in [4.69, 9.17) is 0 Å². The Morgan fingerprint density at radius 1 is 1.12 bits per heavy atom. The van der Waals surface area contributed by atoms with Crippen molar-refractivity contribution in [3.05, 3.63) is 42.0 Å². The Balaban J connectivity index is 1.38. The summed E-state index contributed by atoms with van der Waals surface area (Å²) in [5.41, 5.74) is 1.64. The highest BCUT2D eigenvalue weighted by molar-refractivity contribution is 6.06. The Bertz CT molecular complexity index is 728. The van der Waals surface area contributed by atoms with Crippen molar-refractivity contribution in [2.24, 2.45) is 23.7 Å². The summed E-state index contributed by atoms with van der Waals surface area (Å²) in [6, 6.07) is 6.99. The third-order valence-corrected chi connectivity index (χ3v) is 5.35. The van der Waals surface area contributed by atoms with Crippen LogP contribution in [0.4, 0.5) is 10.5 Å². The molecule has 1 aromatic rings. The lowest BCUT2D eigenvalue weighted by Gasteiger charge is -2.18. The normalized spacial score (nSPS) is 30.0. The average Bonchev–Trinajstić information content (AvgIpc) is 3.23. The zero-order valence-electron chi connectivity index (χ0n) is 13.4. The van der Waals surface area contributed by atoms with Crippen LogP contribution in [0.3, 0.4) is 0 Å². The molecule has 1 heterocycles. The van der Waals surface area contributed by atoms with Gasteiger partial charge in [0.1, 0.15) is 6.67 Å². The topological polar surface area (TPSA) is 78.5 Å². The Labute approximate surface area is 139 Å². The molecule has 1 aliphatic heterocycles. The van der Waals surface area contributed by atoms with Crippen molar-refractivity contribution in [3.63, 3.8) is 0 Å². The smallest absolute Gasteiger partial charge is 0.320 e. The molecule has 2 aliphatic carbocycles. The molecule has 124 valence electrons. The van der Waals surface area contributed by atoms with Crippen LogP contribution in [0.1, 0.15) is 12.0 Å². The van der Waals surface area contributed by atoms with Gasteiger partial charge in [0.05, 0.1) is 11.8 Å². The molecule has 1 aromatic carbocycles. The molecule has 4 amide bonds. The van der Waals surface area contributed by atoms with Gasteiger partial charge in [-0.2, -0.15) is 0 Å². The molecule has 6 heteroatoms. The van der Waals surface area contributed by atoms with Crippen molar-refractivity contribution < 1.29 is 14.4 Å². The molecule has 0 aromatic heterocycles. The number of rotatable bonds is 3. The Kier molecular flexibility index (Phi) is 3.40. The van der Waals surface area contributed by atoms with Crippen LogP contribution in [0.2, 0.25) is 0 Å². The number of imide groups is 1. The van der Waals surface area contributed by atoms with E-state index in [0.29, 0.717) is 5.69 Å². The van der Waals surface area contributed by atoms with Gasteiger partial charge >= 0.3 is 6.03 Å². The Hall–Kier alpha value is -2.63. The van der Waals surface area contributed by atoms with Gasteiger partial charge in [0.25, 0.3) is 0 Å². The first-order chi connectivity index (χ1) is 11.6. The number of nitrogens with one attached hydrogen (secondary N) is 2. The van der Waals surface area contributed by atoms with E-state index >= 15 is 0 Å². The van der Waals surface area contributed by atoms with Gasteiger partial charge < -0.3 is 10.6 Å². The van der Waals surface area contributed by atoms with Gasteiger partial charge in [-0.15, -0.1) is 0 Å². The second-order valence-electron chi connectivity index (χ2n) is 6.71. The quantitative estimate of drug-likeness (QED) is 0.658. The average molecular weight is 325 g/mol. The third-order valence-electron chi connectivity index (χ3n) is 5.35. The molecule has 4 rings (SSSR count). The fourth-order valence-corrected chi connectivity index (χ4v) is 4.15. The summed E-state index contributed by atoms with van der Waals surface area (Å²) in [7, 11) is 0. The van der Waals surface area contributed by atoms with Crippen LogP contribution in [-0.2, 0) is 9.59 Å². The van der Waals surface area contributed by atoms with Crippen LogP contribution in [0.25, 0.3) is 0 Å². The summed E-state index contributed by atoms with van der Waals surface area (Å²) >= 11 is 0. The van der Waals surface area contributed by atoms with Gasteiger partial charge in [0.15, 0.2) is 0 Å². The molecular weight excluding hydrogens is 306 g/mol. The van der Waals surface area contributed by atoms with E-state index in [1.165, 1.54) is 4.90 Å². The fourth-order valence-electron chi connectivity index (χ4n) is 4.15. The highest BCUT2D eigenvalue weighted by Gasteiger charge is 2.59. The molecule has 1 saturated carbocycles. The van der Waals surface area contributed by atoms with E-state index in [1.54, 1.807) is 6.07 Å². The Morgan fingerprint density at radius 3 is 2.38 bits per heavy atom. The van der Waals surface area contributed by atoms with Gasteiger partial charge in [-0.25, -0.2) is 4.79 Å². The Morgan fingerprint density at radius 2 is 1.75 bits per heavy atom. The number of aryl methyl sites for hydroxylation is 1. The highest BCUT2D eigenvalue weighted by atomic mass is 16.2. The van der Waals surface area contributed by atoms with Crippen LogP contribution in [0.15, 0.2) is 36.4 Å². The van der Waals surface area contributed by atoms with Gasteiger partial charge in [0.2, 0.25) is 11.8 Å². The van der Waals surface area contributed by atoms with Crippen LogP contribution in [0.5, 0.6) is 0 Å². The second-order valence-corrected chi connectivity index (χ2v) is 6.71. The molecule has 4 unspecified atom stereocenters. The summed E-state index contributed by atoms with van der Waals surface area (Å²) in [5.74, 6) is -0.400. The lowest BCUT2D eigenvalue weighted by Crippen LogP contribution is -2.43.